The molecular formula is C14H24N2O10. The molecule has 1 fully saturated rings. The molecule has 1 aliphatic heterocycles. The third-order valence-electron chi connectivity index (χ3n) is 3.86. The first kappa shape index (κ1) is 22.2. The third kappa shape index (κ3) is 5.86. The Kier molecular flexibility index (Phi) is 7.87. The van der Waals surface area contributed by atoms with Crippen LogP contribution in [-0.4, -0.2) is 86.9 Å². The van der Waals surface area contributed by atoms with Crippen LogP contribution < -0.4 is 11.1 Å². The summed E-state index contributed by atoms with van der Waals surface area (Å²) in [6.07, 6.45) is -7.14. The zero-order valence-electron chi connectivity index (χ0n) is 14.1. The molecule has 4 unspecified atom stereocenters. The van der Waals surface area contributed by atoms with E-state index in [0.29, 0.717) is 0 Å². The molecule has 0 aromatic carbocycles. The van der Waals surface area contributed by atoms with Crippen molar-refractivity contribution in [1.29, 1.82) is 0 Å². The van der Waals surface area contributed by atoms with Crippen molar-refractivity contribution in [3.8, 4) is 0 Å². The Balaban J connectivity index is 2.93. The van der Waals surface area contributed by atoms with E-state index in [2.05, 4.69) is 10.1 Å². The summed E-state index contributed by atoms with van der Waals surface area (Å²) in [5.41, 5.74) is 5.05. The van der Waals surface area contributed by atoms with E-state index >= 15 is 0 Å². The molecule has 26 heavy (non-hydrogen) atoms. The van der Waals surface area contributed by atoms with Crippen molar-refractivity contribution in [3.63, 3.8) is 0 Å². The highest BCUT2D eigenvalue weighted by molar-refractivity contribution is 5.75. The Morgan fingerprint density at radius 2 is 2.00 bits per heavy atom. The zero-order chi connectivity index (χ0) is 20.1. The molecule has 1 aliphatic rings. The number of carbonyl (C=O) groups excluding carboxylic acids is 2. The van der Waals surface area contributed by atoms with E-state index < -0.39 is 80.1 Å². The van der Waals surface area contributed by atoms with E-state index in [9.17, 15) is 34.8 Å². The van der Waals surface area contributed by atoms with Gasteiger partial charge in [-0.25, -0.2) is 4.79 Å². The largest absolute Gasteiger partial charge is 0.477 e. The first-order valence-electron chi connectivity index (χ1n) is 7.80. The average Bonchev–Trinajstić information content (AvgIpc) is 2.50. The molecule has 12 heteroatoms. The summed E-state index contributed by atoms with van der Waals surface area (Å²) < 4.78 is 9.72. The Labute approximate surface area is 148 Å². The summed E-state index contributed by atoms with van der Waals surface area (Å²) in [7, 11) is 0. The number of amides is 1. The van der Waals surface area contributed by atoms with Crippen LogP contribution in [0.15, 0.2) is 0 Å². The van der Waals surface area contributed by atoms with Gasteiger partial charge in [0, 0.05) is 19.8 Å². The monoisotopic (exact) mass is 380 g/mol. The summed E-state index contributed by atoms with van der Waals surface area (Å²) in [4.78, 5) is 33.3. The lowest BCUT2D eigenvalue weighted by molar-refractivity contribution is -0.297. The van der Waals surface area contributed by atoms with Crippen molar-refractivity contribution >= 4 is 17.8 Å². The van der Waals surface area contributed by atoms with Crippen LogP contribution in [0.4, 0.5) is 0 Å². The van der Waals surface area contributed by atoms with Gasteiger partial charge in [0.1, 0.15) is 12.8 Å². The van der Waals surface area contributed by atoms with Gasteiger partial charge in [-0.3, -0.25) is 9.59 Å². The highest BCUT2D eigenvalue weighted by Crippen LogP contribution is 2.35. The third-order valence-corrected chi connectivity index (χ3v) is 3.86. The van der Waals surface area contributed by atoms with Crippen LogP contribution in [0.25, 0.3) is 0 Å². The maximum Gasteiger partial charge on any atom is 0.364 e. The Bertz CT molecular complexity index is 530. The Morgan fingerprint density at radius 3 is 2.50 bits per heavy atom. The Morgan fingerprint density at radius 1 is 1.38 bits per heavy atom. The number of nitrogens with two attached hydrogens (primary N) is 1. The molecule has 8 N–H and O–H groups in total. The number of hydrogen-bond donors (Lipinski definition) is 7. The van der Waals surface area contributed by atoms with Crippen LogP contribution in [0.1, 0.15) is 19.8 Å². The van der Waals surface area contributed by atoms with Crippen LogP contribution in [0.5, 0.6) is 0 Å². The number of ether oxygens (including phenoxy) is 2. The van der Waals surface area contributed by atoms with Gasteiger partial charge < -0.3 is 46.1 Å². The molecule has 1 amide bonds. The number of carbonyl (C=O) groups is 3. The van der Waals surface area contributed by atoms with Crippen LogP contribution in [-0.2, 0) is 23.9 Å². The fourth-order valence-corrected chi connectivity index (χ4v) is 2.69. The van der Waals surface area contributed by atoms with E-state index in [1.807, 2.05) is 0 Å². The van der Waals surface area contributed by atoms with E-state index in [1.165, 1.54) is 0 Å². The molecule has 12 nitrogen and oxygen atoms in total. The fourth-order valence-electron chi connectivity index (χ4n) is 2.69. The molecule has 150 valence electrons. The molecule has 0 aliphatic carbocycles. The highest BCUT2D eigenvalue weighted by atomic mass is 16.7. The van der Waals surface area contributed by atoms with Gasteiger partial charge in [-0.05, 0) is 0 Å². The number of aliphatic hydroxyl groups is 4. The van der Waals surface area contributed by atoms with Gasteiger partial charge in [0.2, 0.25) is 5.91 Å². The predicted molar refractivity (Wildman–Crippen MR) is 82.0 cm³/mol. The highest BCUT2D eigenvalue weighted by Gasteiger charge is 2.53. The van der Waals surface area contributed by atoms with Gasteiger partial charge >= 0.3 is 11.9 Å². The molecule has 1 rings (SSSR count). The standard InChI is InChI=1S/C14H24N2O10/c1-6(17)16-12(21)11-8(19)3-14(24,13(22)23)26-9(11)2-7(18)5-25-10(20)4-15/h7-9,11-12,18-19,21,24H,2-5,15H2,1H3,(H,16,17)(H,22,23)/t7-,8?,9?,11?,12-,14?/m0/s1. The second-order valence-electron chi connectivity index (χ2n) is 6.02. The first-order chi connectivity index (χ1) is 12.0. The minimum atomic E-state index is -2.75. The van der Waals surface area contributed by atoms with E-state index in [-0.39, 0.29) is 0 Å². The Hall–Kier alpha value is -1.83. The molecule has 6 atom stereocenters. The number of aliphatic carboxylic acids is 1. The quantitative estimate of drug-likeness (QED) is 0.160. The lowest BCUT2D eigenvalue weighted by Crippen LogP contribution is -2.61. The second kappa shape index (κ2) is 9.21. The summed E-state index contributed by atoms with van der Waals surface area (Å²) in [6, 6.07) is 0. The van der Waals surface area contributed by atoms with E-state index in [1.54, 1.807) is 0 Å². The number of carboxylic acids is 1. The van der Waals surface area contributed by atoms with Gasteiger partial charge in [-0.15, -0.1) is 0 Å². The van der Waals surface area contributed by atoms with Gasteiger partial charge in [0.25, 0.3) is 5.79 Å². The summed E-state index contributed by atoms with van der Waals surface area (Å²) in [5, 5.41) is 51.4. The molecule has 0 spiro atoms. The van der Waals surface area contributed by atoms with E-state index in [0.717, 1.165) is 6.92 Å². The number of aliphatic hydroxyl groups excluding tert-OH is 3. The lowest BCUT2D eigenvalue weighted by atomic mass is 9.83. The summed E-state index contributed by atoms with van der Waals surface area (Å²) in [5.74, 6) is -7.17. The van der Waals surface area contributed by atoms with E-state index in [4.69, 9.17) is 15.6 Å². The predicted octanol–water partition coefficient (Wildman–Crippen LogP) is -3.77. The van der Waals surface area contributed by atoms with Crippen LogP contribution in [0, 0.1) is 5.92 Å². The topological polar surface area (TPSA) is 209 Å². The second-order valence-corrected chi connectivity index (χ2v) is 6.02. The van der Waals surface area contributed by atoms with Gasteiger partial charge in [0.15, 0.2) is 0 Å². The van der Waals surface area contributed by atoms with Gasteiger partial charge in [-0.2, -0.15) is 0 Å². The number of esters is 1. The van der Waals surface area contributed by atoms with Gasteiger partial charge in [0.05, 0.1) is 30.8 Å². The lowest BCUT2D eigenvalue weighted by Gasteiger charge is -2.44. The van der Waals surface area contributed by atoms with Crippen molar-refractivity contribution in [2.45, 2.75) is 50.1 Å². The maximum atomic E-state index is 11.2. The van der Waals surface area contributed by atoms with Gasteiger partial charge in [-0.1, -0.05) is 0 Å². The molecule has 0 saturated carbocycles. The molecular weight excluding hydrogens is 356 g/mol. The first-order valence-corrected chi connectivity index (χ1v) is 7.80. The zero-order valence-corrected chi connectivity index (χ0v) is 14.1. The molecule has 0 radical (unpaired) electrons. The minimum Gasteiger partial charge on any atom is -0.477 e. The summed E-state index contributed by atoms with van der Waals surface area (Å²) >= 11 is 0. The molecule has 1 saturated heterocycles. The molecule has 1 heterocycles. The fraction of sp³-hybridized carbons (Fsp3) is 0.786. The van der Waals surface area contributed by atoms with Crippen LogP contribution in [0.2, 0.25) is 0 Å². The number of hydrogen-bond acceptors (Lipinski definition) is 10. The maximum absolute atomic E-state index is 11.2. The van der Waals surface area contributed by atoms with Crippen LogP contribution >= 0.6 is 0 Å². The average molecular weight is 380 g/mol. The van der Waals surface area contributed by atoms with Crippen LogP contribution in [0.3, 0.4) is 0 Å². The molecule has 0 aromatic heterocycles. The SMILES string of the molecule is CC(=O)N[C@@H](O)C1C(O)CC(O)(C(=O)O)OC1C[C@H](O)COC(=O)CN. The van der Waals surface area contributed by atoms with Crippen molar-refractivity contribution in [2.24, 2.45) is 11.7 Å². The minimum absolute atomic E-state index is 0.409. The number of rotatable bonds is 8. The van der Waals surface area contributed by atoms with Crippen molar-refractivity contribution in [3.05, 3.63) is 0 Å². The number of carboxylic acid groups (broad SMARTS) is 1. The van der Waals surface area contributed by atoms with Crippen molar-refractivity contribution in [2.75, 3.05) is 13.2 Å². The van der Waals surface area contributed by atoms with Crippen molar-refractivity contribution in [1.82, 2.24) is 5.32 Å². The normalized spacial score (nSPS) is 30.9. The van der Waals surface area contributed by atoms with Crippen molar-refractivity contribution < 1.29 is 49.4 Å². The number of nitrogens with one attached hydrogen (secondary N) is 1. The molecule has 0 bridgehead atoms. The molecule has 0 aromatic rings. The smallest absolute Gasteiger partial charge is 0.364 e. The summed E-state index contributed by atoms with van der Waals surface area (Å²) in [6.45, 7) is 0.206.